The number of nitrogens with one attached hydrogen (secondary N) is 2. The van der Waals surface area contributed by atoms with E-state index in [-0.39, 0.29) is 17.2 Å². The molecule has 0 atom stereocenters. The molecule has 5 heterocycles. The van der Waals surface area contributed by atoms with Crippen LogP contribution in [0.5, 0.6) is 0 Å². The molecule has 9 nitrogen and oxygen atoms in total. The number of nitrogens with zero attached hydrogens (tertiary/aromatic N) is 3. The molecular weight excluding hydrogens is 887 g/mol. The number of fused-ring (bicyclic) bond motifs is 1. The zero-order valence-corrected chi connectivity index (χ0v) is 35.8. The Morgan fingerprint density at radius 3 is 2.28 bits per heavy atom. The molecule has 9 aromatic rings. The minimum absolute atomic E-state index is 0.159. The van der Waals surface area contributed by atoms with Crippen molar-refractivity contribution < 1.29 is 31.4 Å². The summed E-state index contributed by atoms with van der Waals surface area (Å²) in [6, 6.07) is 36.3. The lowest BCUT2D eigenvalue weighted by Crippen LogP contribution is -2.16. The zero-order valence-electron chi connectivity index (χ0n) is 31.8. The number of furan rings is 1. The van der Waals surface area contributed by atoms with Crippen LogP contribution in [0.2, 0.25) is 10.0 Å². The number of hydrogen-bond donors (Lipinski definition) is 2. The Morgan fingerprint density at radius 2 is 1.56 bits per heavy atom. The van der Waals surface area contributed by atoms with Gasteiger partial charge in [-0.3, -0.25) is 4.79 Å². The topological polar surface area (TPSA) is 119 Å². The SMILES string of the molecule is Cc1c(C(=S)Nc2ccccc2)sc2ccccc12.Cc1cc(-c2noc(-c3cccs3)n2)no1.O=C(Nc1ccccc1C(F)(F)F)c1ccc(-c2cc(Cl)ccc2Cl)o1. The molecule has 9 rings (SSSR count). The summed E-state index contributed by atoms with van der Waals surface area (Å²) in [6.07, 6.45) is -4.59. The van der Waals surface area contributed by atoms with E-state index in [4.69, 9.17) is 48.9 Å². The van der Waals surface area contributed by atoms with E-state index in [1.54, 1.807) is 46.9 Å². The maximum absolute atomic E-state index is 13.0. The summed E-state index contributed by atoms with van der Waals surface area (Å²) < 4.78 is 55.8. The lowest BCUT2D eigenvalue weighted by Gasteiger charge is -2.12. The molecule has 61 heavy (non-hydrogen) atoms. The molecule has 4 aromatic carbocycles. The van der Waals surface area contributed by atoms with Gasteiger partial charge in [0.2, 0.25) is 5.82 Å². The van der Waals surface area contributed by atoms with Gasteiger partial charge in [-0.1, -0.05) is 100 Å². The number of carbonyl (C=O) groups is 1. The molecule has 5 aromatic heterocycles. The Labute approximate surface area is 369 Å². The van der Waals surface area contributed by atoms with E-state index >= 15 is 0 Å². The van der Waals surface area contributed by atoms with Gasteiger partial charge in [0, 0.05) is 27.0 Å². The van der Waals surface area contributed by atoms with Crippen LogP contribution in [-0.2, 0) is 6.18 Å². The third-order valence-electron chi connectivity index (χ3n) is 8.60. The van der Waals surface area contributed by atoms with E-state index in [2.05, 4.69) is 57.1 Å². The maximum atomic E-state index is 13.0. The minimum Gasteiger partial charge on any atom is -0.451 e. The number of rotatable bonds is 7. The van der Waals surface area contributed by atoms with Gasteiger partial charge >= 0.3 is 6.18 Å². The quantitative estimate of drug-likeness (QED) is 0.151. The van der Waals surface area contributed by atoms with Gasteiger partial charge in [-0.2, -0.15) is 18.2 Å². The predicted octanol–water partition coefficient (Wildman–Crippen LogP) is 14.3. The molecule has 0 saturated carbocycles. The van der Waals surface area contributed by atoms with Gasteiger partial charge < -0.3 is 24.1 Å². The van der Waals surface area contributed by atoms with E-state index in [0.29, 0.717) is 33.0 Å². The Hall–Kier alpha value is -6.10. The molecular formula is C44H30Cl2F3N5O4S3. The van der Waals surface area contributed by atoms with E-state index in [1.807, 2.05) is 54.8 Å². The molecule has 0 spiro atoms. The average Bonchev–Trinajstić information content (AvgIpc) is 4.11. The second-order valence-electron chi connectivity index (χ2n) is 12.9. The molecule has 0 radical (unpaired) electrons. The molecule has 0 aliphatic heterocycles. The van der Waals surface area contributed by atoms with Crippen LogP contribution in [0.15, 0.2) is 146 Å². The van der Waals surface area contributed by atoms with Crippen molar-refractivity contribution in [2.75, 3.05) is 10.6 Å². The fourth-order valence-corrected chi connectivity index (χ4v) is 8.24. The number of halogens is 5. The van der Waals surface area contributed by atoms with Crippen LogP contribution in [0.3, 0.4) is 0 Å². The third-order valence-corrected chi connectivity index (χ3v) is 11.7. The van der Waals surface area contributed by atoms with Gasteiger partial charge in [0.05, 0.1) is 26.0 Å². The van der Waals surface area contributed by atoms with Gasteiger partial charge in [0.15, 0.2) is 11.5 Å². The number of thiophene rings is 2. The van der Waals surface area contributed by atoms with Crippen molar-refractivity contribution >= 4 is 90.4 Å². The number of carbonyl (C=O) groups excluding carboxylic acids is 1. The van der Waals surface area contributed by atoms with E-state index in [0.717, 1.165) is 32.3 Å². The third kappa shape index (κ3) is 10.6. The number of benzene rings is 4. The first kappa shape index (κ1) is 43.0. The van der Waals surface area contributed by atoms with Crippen LogP contribution in [0.25, 0.3) is 43.7 Å². The molecule has 0 unspecified atom stereocenters. The second-order valence-corrected chi connectivity index (χ2v) is 16.1. The largest absolute Gasteiger partial charge is 0.451 e. The number of thiocarbonyl (C=S) groups is 1. The Balaban J connectivity index is 0.000000142. The summed E-state index contributed by atoms with van der Waals surface area (Å²) in [4.78, 5) is 19.4. The van der Waals surface area contributed by atoms with E-state index in [9.17, 15) is 18.0 Å². The second kappa shape index (κ2) is 19.1. The van der Waals surface area contributed by atoms with Crippen molar-refractivity contribution in [3.63, 3.8) is 0 Å². The van der Waals surface area contributed by atoms with Crippen LogP contribution in [0, 0.1) is 13.8 Å². The number of amides is 1. The highest BCUT2D eigenvalue weighted by atomic mass is 35.5. The normalized spacial score (nSPS) is 11.0. The monoisotopic (exact) mass is 915 g/mol. The van der Waals surface area contributed by atoms with Crippen LogP contribution in [-0.4, -0.2) is 26.2 Å². The summed E-state index contributed by atoms with van der Waals surface area (Å²) in [5, 5.41) is 17.2. The lowest BCUT2D eigenvalue weighted by molar-refractivity contribution is -0.136. The predicted molar refractivity (Wildman–Crippen MR) is 240 cm³/mol. The number of alkyl halides is 3. The van der Waals surface area contributed by atoms with Gasteiger partial charge in [-0.25, -0.2) is 0 Å². The van der Waals surface area contributed by atoms with E-state index in [1.165, 1.54) is 46.0 Å². The summed E-state index contributed by atoms with van der Waals surface area (Å²) in [5.74, 6) is 0.967. The maximum Gasteiger partial charge on any atom is 0.418 e. The summed E-state index contributed by atoms with van der Waals surface area (Å²) >= 11 is 20.8. The van der Waals surface area contributed by atoms with Crippen molar-refractivity contribution in [2.24, 2.45) is 0 Å². The van der Waals surface area contributed by atoms with E-state index < -0.39 is 17.6 Å². The number of aryl methyl sites for hydroxylation is 2. The first-order valence-electron chi connectivity index (χ1n) is 18.0. The van der Waals surface area contributed by atoms with Gasteiger partial charge in [-0.15, -0.1) is 22.7 Å². The van der Waals surface area contributed by atoms with Crippen molar-refractivity contribution in [3.8, 4) is 33.6 Å². The van der Waals surface area contributed by atoms with Crippen LogP contribution in [0.1, 0.15) is 32.3 Å². The molecule has 17 heteroatoms. The molecule has 0 bridgehead atoms. The molecule has 2 N–H and O–H groups in total. The number of hydrogen-bond acceptors (Lipinski definition) is 10. The Kier molecular flexibility index (Phi) is 13.5. The van der Waals surface area contributed by atoms with Crippen LogP contribution >= 0.6 is 58.1 Å². The van der Waals surface area contributed by atoms with Crippen LogP contribution < -0.4 is 10.6 Å². The molecule has 308 valence electrons. The van der Waals surface area contributed by atoms with Crippen molar-refractivity contribution in [1.29, 1.82) is 0 Å². The van der Waals surface area contributed by atoms with Crippen molar-refractivity contribution in [3.05, 3.63) is 170 Å². The van der Waals surface area contributed by atoms with Gasteiger partial charge in [-0.05, 0) is 96.9 Å². The van der Waals surface area contributed by atoms with Gasteiger partial charge in [0.25, 0.3) is 11.8 Å². The summed E-state index contributed by atoms with van der Waals surface area (Å²) in [7, 11) is 0. The van der Waals surface area contributed by atoms with Crippen molar-refractivity contribution in [1.82, 2.24) is 15.3 Å². The Morgan fingerprint density at radius 1 is 0.803 bits per heavy atom. The fraction of sp³-hybridized carbons (Fsp3) is 0.0682. The zero-order chi connectivity index (χ0) is 43.1. The first-order valence-corrected chi connectivity index (χ1v) is 20.9. The molecule has 0 saturated heterocycles. The number of para-hydroxylation sites is 2. The van der Waals surface area contributed by atoms with Crippen LogP contribution in [0.4, 0.5) is 24.5 Å². The molecule has 1 amide bonds. The van der Waals surface area contributed by atoms with Gasteiger partial charge in [0.1, 0.15) is 16.5 Å². The average molecular weight is 917 g/mol. The van der Waals surface area contributed by atoms with Crippen molar-refractivity contribution in [2.45, 2.75) is 20.0 Å². The summed E-state index contributed by atoms with van der Waals surface area (Å²) in [6.45, 7) is 3.95. The summed E-state index contributed by atoms with van der Waals surface area (Å²) in [5.41, 5.74) is 2.04. The highest BCUT2D eigenvalue weighted by Gasteiger charge is 2.34. The highest BCUT2D eigenvalue weighted by molar-refractivity contribution is 7.81. The highest BCUT2D eigenvalue weighted by Crippen LogP contribution is 2.36. The lowest BCUT2D eigenvalue weighted by atomic mass is 10.1. The molecule has 0 aliphatic carbocycles. The fourth-order valence-electron chi connectivity index (χ4n) is 5.71. The first-order chi connectivity index (χ1) is 29.3. The number of anilines is 2. The minimum atomic E-state index is -4.59. The smallest absolute Gasteiger partial charge is 0.418 e. The Bertz CT molecular complexity index is 2930. The molecule has 0 aliphatic rings. The standard InChI is InChI=1S/C18H10Cl2F3NO2.C16H13NS2.C10H7N3O2S/c19-10-5-6-13(20)11(9-10)15-7-8-16(26-15)17(25)24-14-4-2-1-3-12(14)18(21,22)23;1-11-13-9-5-6-10-14(13)19-15(11)16(18)17-12-7-3-2-4-8-12;1-6-5-7(12-14-6)9-11-10(15-13-9)8-3-2-4-16-8/h1-9H,(H,24,25);2-10H,1H3,(H,17,18);2-5H,1H3. The molecule has 0 fully saturated rings. The number of aromatic nitrogens is 3.